The van der Waals surface area contributed by atoms with E-state index in [0.717, 1.165) is 90.9 Å². The van der Waals surface area contributed by atoms with Crippen LogP contribution in [0.3, 0.4) is 0 Å². The maximum Gasteiger partial charge on any atom is 0.191 e. The van der Waals surface area contributed by atoms with Gasteiger partial charge in [0.05, 0.1) is 0 Å². The zero-order chi connectivity index (χ0) is 19.2. The minimum Gasteiger partial charge on any atom is -0.385 e. The molecule has 0 unspecified atom stereocenters. The Morgan fingerprint density at radius 3 is 2.54 bits per heavy atom. The minimum atomic E-state index is 0. The largest absolute Gasteiger partial charge is 0.385 e. The molecule has 2 aliphatic rings. The monoisotopic (exact) mass is 512 g/mol. The highest BCUT2D eigenvalue weighted by Gasteiger charge is 2.19. The molecule has 2 rings (SSSR count). The molecule has 0 aliphatic carbocycles. The third kappa shape index (κ3) is 11.1. The Labute approximate surface area is 188 Å². The van der Waals surface area contributed by atoms with Gasteiger partial charge in [0.15, 0.2) is 5.96 Å². The van der Waals surface area contributed by atoms with Gasteiger partial charge in [0, 0.05) is 79.4 Å². The first-order valence-electron chi connectivity index (χ1n) is 10.7. The third-order valence-electron chi connectivity index (χ3n) is 5.43. The Kier molecular flexibility index (Phi) is 15.4. The fourth-order valence-corrected chi connectivity index (χ4v) is 3.67. The van der Waals surface area contributed by atoms with Crippen molar-refractivity contribution < 1.29 is 14.2 Å². The summed E-state index contributed by atoms with van der Waals surface area (Å²) in [5, 5.41) is 6.99. The van der Waals surface area contributed by atoms with Gasteiger partial charge in [-0.2, -0.15) is 0 Å². The first-order chi connectivity index (χ1) is 13.3. The van der Waals surface area contributed by atoms with Crippen molar-refractivity contribution in [2.24, 2.45) is 10.9 Å². The van der Waals surface area contributed by atoms with Crippen LogP contribution in [0.5, 0.6) is 0 Å². The van der Waals surface area contributed by atoms with Crippen molar-refractivity contribution in [1.82, 2.24) is 15.5 Å². The molecule has 2 aliphatic heterocycles. The van der Waals surface area contributed by atoms with Gasteiger partial charge in [-0.15, -0.1) is 24.0 Å². The van der Waals surface area contributed by atoms with Gasteiger partial charge in [0.2, 0.25) is 0 Å². The zero-order valence-corrected chi connectivity index (χ0v) is 20.1. The summed E-state index contributed by atoms with van der Waals surface area (Å²) in [5.41, 5.74) is 0. The molecule has 0 spiro atoms. The van der Waals surface area contributed by atoms with E-state index in [1.807, 2.05) is 7.05 Å². The van der Waals surface area contributed by atoms with E-state index < -0.39 is 0 Å². The molecular weight excluding hydrogens is 471 g/mol. The van der Waals surface area contributed by atoms with Gasteiger partial charge in [-0.05, 0) is 44.4 Å². The lowest BCUT2D eigenvalue weighted by Crippen LogP contribution is -2.49. The number of halogens is 1. The van der Waals surface area contributed by atoms with Crippen LogP contribution in [-0.4, -0.2) is 90.3 Å². The van der Waals surface area contributed by atoms with E-state index >= 15 is 0 Å². The van der Waals surface area contributed by atoms with E-state index in [9.17, 15) is 0 Å². The van der Waals surface area contributed by atoms with Crippen molar-refractivity contribution in [1.29, 1.82) is 0 Å². The molecule has 0 amide bonds. The Balaban J connectivity index is 0.00000392. The molecule has 7 nitrogen and oxygen atoms in total. The van der Waals surface area contributed by atoms with Crippen molar-refractivity contribution in [2.45, 2.75) is 44.6 Å². The molecule has 0 aromatic heterocycles. The quantitative estimate of drug-likeness (QED) is 0.191. The maximum absolute atomic E-state index is 5.82. The third-order valence-corrected chi connectivity index (χ3v) is 5.43. The molecule has 2 fully saturated rings. The number of piperidine rings is 1. The van der Waals surface area contributed by atoms with Crippen LogP contribution in [0.25, 0.3) is 0 Å². The number of nitrogens with one attached hydrogen (secondary N) is 2. The molecule has 8 heteroatoms. The summed E-state index contributed by atoms with van der Waals surface area (Å²) in [7, 11) is 3.62. The highest BCUT2D eigenvalue weighted by molar-refractivity contribution is 14.0. The Morgan fingerprint density at radius 1 is 1.11 bits per heavy atom. The number of hydrogen-bond donors (Lipinski definition) is 2. The van der Waals surface area contributed by atoms with E-state index in [1.54, 1.807) is 7.11 Å². The standard InChI is InChI=1S/C20H40N4O3.HI/c1-21-20(22-9-3-14-27-17-18-7-15-26-16-8-18)23-19-5-11-24(12-6-19)10-4-13-25-2;/h18-19H,3-17H2,1-2H3,(H2,21,22,23);1H. The lowest BCUT2D eigenvalue weighted by molar-refractivity contribution is 0.0203. The van der Waals surface area contributed by atoms with E-state index in [2.05, 4.69) is 20.5 Å². The van der Waals surface area contributed by atoms with Crippen molar-refractivity contribution >= 4 is 29.9 Å². The van der Waals surface area contributed by atoms with Crippen molar-refractivity contribution in [3.63, 3.8) is 0 Å². The Morgan fingerprint density at radius 2 is 1.86 bits per heavy atom. The van der Waals surface area contributed by atoms with E-state index in [4.69, 9.17) is 14.2 Å². The summed E-state index contributed by atoms with van der Waals surface area (Å²) < 4.78 is 16.3. The Hall–Kier alpha value is -0.160. The molecule has 28 heavy (non-hydrogen) atoms. The molecule has 166 valence electrons. The number of rotatable bonds is 11. The summed E-state index contributed by atoms with van der Waals surface area (Å²) in [4.78, 5) is 6.89. The topological polar surface area (TPSA) is 67.4 Å². The van der Waals surface area contributed by atoms with E-state index in [-0.39, 0.29) is 24.0 Å². The van der Waals surface area contributed by atoms with Crippen LogP contribution in [-0.2, 0) is 14.2 Å². The molecule has 0 atom stereocenters. The molecule has 0 saturated carbocycles. The van der Waals surface area contributed by atoms with Crippen molar-refractivity contribution in [3.05, 3.63) is 0 Å². The molecule has 2 N–H and O–H groups in total. The van der Waals surface area contributed by atoms with Crippen LogP contribution in [0.2, 0.25) is 0 Å². The zero-order valence-electron chi connectivity index (χ0n) is 17.8. The molecular formula is C20H41IN4O3. The average molecular weight is 512 g/mol. The number of methoxy groups -OCH3 is 1. The maximum atomic E-state index is 5.82. The summed E-state index contributed by atoms with van der Waals surface area (Å²) in [6.45, 7) is 8.66. The van der Waals surface area contributed by atoms with Crippen molar-refractivity contribution in [3.8, 4) is 0 Å². The lowest BCUT2D eigenvalue weighted by Gasteiger charge is -2.33. The molecule has 0 bridgehead atoms. The summed E-state index contributed by atoms with van der Waals surface area (Å²) in [6.07, 6.45) is 6.74. The van der Waals surface area contributed by atoms with Gasteiger partial charge in [-0.3, -0.25) is 4.99 Å². The van der Waals surface area contributed by atoms with Crippen LogP contribution in [0, 0.1) is 5.92 Å². The summed E-state index contributed by atoms with van der Waals surface area (Å²) in [6, 6.07) is 0.514. The van der Waals surface area contributed by atoms with Crippen LogP contribution < -0.4 is 10.6 Å². The second kappa shape index (κ2) is 16.6. The molecule has 0 aromatic carbocycles. The van der Waals surface area contributed by atoms with Crippen LogP contribution in [0.4, 0.5) is 0 Å². The number of guanidine groups is 1. The smallest absolute Gasteiger partial charge is 0.191 e. The van der Waals surface area contributed by atoms with Gasteiger partial charge < -0.3 is 29.7 Å². The highest BCUT2D eigenvalue weighted by Crippen LogP contribution is 2.14. The molecule has 0 radical (unpaired) electrons. The first-order valence-corrected chi connectivity index (χ1v) is 10.7. The fraction of sp³-hybridized carbons (Fsp3) is 0.950. The highest BCUT2D eigenvalue weighted by atomic mass is 127. The van der Waals surface area contributed by atoms with Gasteiger partial charge in [0.1, 0.15) is 0 Å². The predicted molar refractivity (Wildman–Crippen MR) is 125 cm³/mol. The van der Waals surface area contributed by atoms with E-state index in [0.29, 0.717) is 12.0 Å². The predicted octanol–water partition coefficient (Wildman–Crippen LogP) is 2.10. The van der Waals surface area contributed by atoms with Gasteiger partial charge in [0.25, 0.3) is 0 Å². The van der Waals surface area contributed by atoms with Crippen LogP contribution in [0.1, 0.15) is 38.5 Å². The number of aliphatic imine (C=N–C) groups is 1. The SMILES string of the molecule is CN=C(NCCCOCC1CCOCC1)NC1CCN(CCCOC)CC1.I. The second-order valence-corrected chi connectivity index (χ2v) is 7.59. The lowest BCUT2D eigenvalue weighted by atomic mass is 10.0. The number of hydrogen-bond acceptors (Lipinski definition) is 5. The Bertz CT molecular complexity index is 401. The van der Waals surface area contributed by atoms with Crippen LogP contribution >= 0.6 is 24.0 Å². The summed E-state index contributed by atoms with van der Waals surface area (Å²) >= 11 is 0. The number of nitrogens with zero attached hydrogens (tertiary/aromatic N) is 2. The minimum absolute atomic E-state index is 0. The first kappa shape index (κ1) is 25.9. The fourth-order valence-electron chi connectivity index (χ4n) is 3.67. The number of ether oxygens (including phenoxy) is 3. The van der Waals surface area contributed by atoms with Gasteiger partial charge in [-0.25, -0.2) is 0 Å². The van der Waals surface area contributed by atoms with Gasteiger partial charge in [-0.1, -0.05) is 0 Å². The van der Waals surface area contributed by atoms with E-state index in [1.165, 1.54) is 12.8 Å². The normalized spacial score (nSPS) is 20.0. The number of likely N-dealkylation sites (tertiary alicyclic amines) is 1. The second-order valence-electron chi connectivity index (χ2n) is 7.59. The molecule has 2 heterocycles. The summed E-state index contributed by atoms with van der Waals surface area (Å²) in [5.74, 6) is 1.60. The van der Waals surface area contributed by atoms with Crippen molar-refractivity contribution in [2.75, 3.05) is 73.4 Å². The van der Waals surface area contributed by atoms with Crippen LogP contribution in [0.15, 0.2) is 4.99 Å². The molecule has 0 aromatic rings. The average Bonchev–Trinajstić information content (AvgIpc) is 2.71. The van der Waals surface area contributed by atoms with Gasteiger partial charge >= 0.3 is 0 Å². The molecule has 2 saturated heterocycles.